The lowest BCUT2D eigenvalue weighted by Crippen LogP contribution is -2.49. The molecule has 0 bridgehead atoms. The zero-order chi connectivity index (χ0) is 19.0. The van der Waals surface area contributed by atoms with Gasteiger partial charge in [-0.25, -0.2) is 9.78 Å². The number of oxazole rings is 1. The van der Waals surface area contributed by atoms with Crippen LogP contribution < -0.4 is 0 Å². The molecule has 2 amide bonds. The average Bonchev–Trinajstić information content (AvgIpc) is 3.42. The molecule has 4 rings (SSSR count). The van der Waals surface area contributed by atoms with E-state index in [0.29, 0.717) is 42.9 Å². The van der Waals surface area contributed by atoms with Gasteiger partial charge in [0.15, 0.2) is 12.2 Å². The van der Waals surface area contributed by atoms with Gasteiger partial charge in [-0.1, -0.05) is 0 Å². The van der Waals surface area contributed by atoms with Crippen LogP contribution in [-0.2, 0) is 0 Å². The maximum Gasteiger partial charge on any atom is 0.407 e. The molecule has 0 radical (unpaired) electrons. The number of piperidine rings is 1. The molecule has 1 aliphatic heterocycles. The van der Waals surface area contributed by atoms with Crippen LogP contribution in [-0.4, -0.2) is 62.0 Å². The number of carbonyl (C=O) groups excluding carboxylic acids is 1. The molecule has 3 heterocycles. The summed E-state index contributed by atoms with van der Waals surface area (Å²) in [5.41, 5.74) is 1.95. The monoisotopic (exact) mass is 370 g/mol. The van der Waals surface area contributed by atoms with Crippen LogP contribution in [0, 0.1) is 6.92 Å². The van der Waals surface area contributed by atoms with Crippen molar-refractivity contribution in [3.05, 3.63) is 36.0 Å². The van der Waals surface area contributed by atoms with Gasteiger partial charge in [-0.15, -0.1) is 0 Å². The summed E-state index contributed by atoms with van der Waals surface area (Å²) < 4.78 is 5.35. The number of pyridine rings is 1. The van der Waals surface area contributed by atoms with Gasteiger partial charge in [0.1, 0.15) is 5.69 Å². The van der Waals surface area contributed by atoms with Crippen LogP contribution in [0.1, 0.15) is 41.7 Å². The first-order valence-electron chi connectivity index (χ1n) is 9.21. The molecule has 1 saturated heterocycles. The van der Waals surface area contributed by atoms with Gasteiger partial charge in [0, 0.05) is 31.4 Å². The van der Waals surface area contributed by atoms with Gasteiger partial charge in [-0.2, -0.15) is 0 Å². The lowest BCUT2D eigenvalue weighted by atomic mass is 10.0. The number of carboxylic acid groups (broad SMARTS) is 1. The minimum absolute atomic E-state index is 0.0281. The summed E-state index contributed by atoms with van der Waals surface area (Å²) in [6, 6.07) is 3.89. The summed E-state index contributed by atoms with van der Waals surface area (Å²) >= 11 is 0. The van der Waals surface area contributed by atoms with Crippen LogP contribution in [0.25, 0.3) is 11.5 Å². The summed E-state index contributed by atoms with van der Waals surface area (Å²) in [6.07, 6.45) is 5.45. The molecule has 0 unspecified atom stereocenters. The first kappa shape index (κ1) is 17.5. The van der Waals surface area contributed by atoms with Crippen molar-refractivity contribution in [1.82, 2.24) is 19.8 Å². The number of nitrogens with zero attached hydrogens (tertiary/aromatic N) is 4. The third kappa shape index (κ3) is 3.51. The molecule has 0 atom stereocenters. The Labute approximate surface area is 156 Å². The van der Waals surface area contributed by atoms with Gasteiger partial charge in [-0.3, -0.25) is 9.78 Å². The Morgan fingerprint density at radius 2 is 1.85 bits per heavy atom. The summed E-state index contributed by atoms with van der Waals surface area (Å²) in [6.45, 7) is 2.79. The minimum atomic E-state index is -0.889. The molecule has 0 aromatic carbocycles. The van der Waals surface area contributed by atoms with Gasteiger partial charge in [0.2, 0.25) is 0 Å². The Balaban J connectivity index is 1.50. The van der Waals surface area contributed by atoms with Crippen molar-refractivity contribution in [3.63, 3.8) is 0 Å². The van der Waals surface area contributed by atoms with Crippen molar-refractivity contribution in [2.45, 2.75) is 44.7 Å². The number of likely N-dealkylation sites (tertiary alicyclic amines) is 1. The summed E-state index contributed by atoms with van der Waals surface area (Å²) in [7, 11) is 0. The van der Waals surface area contributed by atoms with Crippen molar-refractivity contribution >= 4 is 12.0 Å². The van der Waals surface area contributed by atoms with E-state index >= 15 is 0 Å². The maximum absolute atomic E-state index is 13.1. The number of hydrogen-bond acceptors (Lipinski definition) is 5. The second-order valence-corrected chi connectivity index (χ2v) is 7.14. The largest absolute Gasteiger partial charge is 0.465 e. The van der Waals surface area contributed by atoms with E-state index in [0.717, 1.165) is 18.5 Å². The van der Waals surface area contributed by atoms with Crippen LogP contribution >= 0.6 is 0 Å². The van der Waals surface area contributed by atoms with Crippen molar-refractivity contribution in [3.8, 4) is 11.5 Å². The summed E-state index contributed by atoms with van der Waals surface area (Å²) in [5.74, 6) is 0.578. The zero-order valence-corrected chi connectivity index (χ0v) is 15.2. The molecule has 8 nitrogen and oxygen atoms in total. The Morgan fingerprint density at radius 1 is 1.15 bits per heavy atom. The predicted molar refractivity (Wildman–Crippen MR) is 96.3 cm³/mol. The second kappa shape index (κ2) is 7.02. The molecular weight excluding hydrogens is 348 g/mol. The van der Waals surface area contributed by atoms with Gasteiger partial charge in [0.05, 0.1) is 11.3 Å². The average molecular weight is 370 g/mol. The molecule has 1 aliphatic carbocycles. The Morgan fingerprint density at radius 3 is 2.37 bits per heavy atom. The molecule has 2 fully saturated rings. The topological polar surface area (TPSA) is 99.8 Å². The van der Waals surface area contributed by atoms with E-state index in [1.54, 1.807) is 18.3 Å². The Kier molecular flexibility index (Phi) is 4.55. The smallest absolute Gasteiger partial charge is 0.407 e. The number of aryl methyl sites for hydroxylation is 1. The molecule has 8 heteroatoms. The van der Waals surface area contributed by atoms with E-state index in [1.165, 1.54) is 11.3 Å². The highest BCUT2D eigenvalue weighted by Gasteiger charge is 2.39. The van der Waals surface area contributed by atoms with Gasteiger partial charge in [0.25, 0.3) is 5.91 Å². The molecule has 2 aliphatic rings. The number of hydrogen-bond donors (Lipinski definition) is 1. The molecule has 1 saturated carbocycles. The van der Waals surface area contributed by atoms with E-state index < -0.39 is 6.09 Å². The van der Waals surface area contributed by atoms with Crippen LogP contribution in [0.15, 0.2) is 29.1 Å². The molecule has 2 aromatic rings. The standard InChI is InChI=1S/C19H22N4O4/c1-12-17(27-11-21-12)16-5-2-13(10-20-16)18(24)23(14-3-4-14)15-6-8-22(9-7-15)19(25)26/h2,5,10-11,14-15H,3-4,6-9H2,1H3,(H,25,26). The Hall–Kier alpha value is -2.90. The van der Waals surface area contributed by atoms with E-state index in [9.17, 15) is 9.59 Å². The third-order valence-electron chi connectivity index (χ3n) is 5.29. The number of carbonyl (C=O) groups is 2. The molecule has 0 spiro atoms. The van der Waals surface area contributed by atoms with E-state index in [1.807, 2.05) is 11.8 Å². The maximum atomic E-state index is 13.1. The highest BCUT2D eigenvalue weighted by Crippen LogP contribution is 2.33. The van der Waals surface area contributed by atoms with Gasteiger partial charge < -0.3 is 19.3 Å². The lowest BCUT2D eigenvalue weighted by Gasteiger charge is -2.38. The number of aromatic nitrogens is 2. The fraction of sp³-hybridized carbons (Fsp3) is 0.474. The fourth-order valence-electron chi connectivity index (χ4n) is 3.67. The van der Waals surface area contributed by atoms with Gasteiger partial charge in [-0.05, 0) is 44.7 Å². The van der Waals surface area contributed by atoms with Crippen molar-refractivity contribution < 1.29 is 19.1 Å². The molecule has 142 valence electrons. The molecular formula is C19H22N4O4. The first-order valence-corrected chi connectivity index (χ1v) is 9.21. The number of amides is 2. The summed E-state index contributed by atoms with van der Waals surface area (Å²) in [5, 5.41) is 9.12. The van der Waals surface area contributed by atoms with E-state index in [2.05, 4.69) is 9.97 Å². The zero-order valence-electron chi connectivity index (χ0n) is 15.2. The SMILES string of the molecule is Cc1ncoc1-c1ccc(C(=O)N(C2CC2)C2CCN(C(=O)O)CC2)cn1. The third-order valence-corrected chi connectivity index (χ3v) is 5.29. The predicted octanol–water partition coefficient (Wildman–Crippen LogP) is 2.79. The molecule has 2 aromatic heterocycles. The van der Waals surface area contributed by atoms with E-state index in [-0.39, 0.29) is 18.0 Å². The first-order chi connectivity index (χ1) is 13.0. The van der Waals surface area contributed by atoms with Crippen molar-refractivity contribution in [1.29, 1.82) is 0 Å². The summed E-state index contributed by atoms with van der Waals surface area (Å²) in [4.78, 5) is 36.1. The van der Waals surface area contributed by atoms with Crippen LogP contribution in [0.5, 0.6) is 0 Å². The minimum Gasteiger partial charge on any atom is -0.465 e. The molecule has 27 heavy (non-hydrogen) atoms. The van der Waals surface area contributed by atoms with E-state index in [4.69, 9.17) is 9.52 Å². The van der Waals surface area contributed by atoms with Crippen LogP contribution in [0.3, 0.4) is 0 Å². The Bertz CT molecular complexity index is 836. The normalized spacial score (nSPS) is 17.7. The fourth-order valence-corrected chi connectivity index (χ4v) is 3.67. The van der Waals surface area contributed by atoms with Crippen LogP contribution in [0.2, 0.25) is 0 Å². The van der Waals surface area contributed by atoms with Crippen LogP contribution in [0.4, 0.5) is 4.79 Å². The highest BCUT2D eigenvalue weighted by molar-refractivity contribution is 5.94. The quantitative estimate of drug-likeness (QED) is 0.888. The number of rotatable bonds is 4. The van der Waals surface area contributed by atoms with Crippen molar-refractivity contribution in [2.24, 2.45) is 0 Å². The van der Waals surface area contributed by atoms with Gasteiger partial charge >= 0.3 is 6.09 Å². The lowest BCUT2D eigenvalue weighted by molar-refractivity contribution is 0.0551. The highest BCUT2D eigenvalue weighted by atomic mass is 16.4. The van der Waals surface area contributed by atoms with Crippen molar-refractivity contribution in [2.75, 3.05) is 13.1 Å². The molecule has 1 N–H and O–H groups in total. The second-order valence-electron chi connectivity index (χ2n) is 7.14.